The number of benzene rings is 1. The highest BCUT2D eigenvalue weighted by Crippen LogP contribution is 2.30. The molecule has 0 spiro atoms. The molecule has 0 atom stereocenters. The lowest BCUT2D eigenvalue weighted by Gasteiger charge is -2.23. The Bertz CT molecular complexity index is 324. The normalized spacial score (nSPS) is 11.8. The topological polar surface area (TPSA) is 20.2 Å². The van der Waals surface area contributed by atoms with E-state index in [1.165, 1.54) is 0 Å². The predicted molar refractivity (Wildman–Crippen MR) is 54.7 cm³/mol. The number of halogens is 3. The second-order valence-corrected chi connectivity index (χ2v) is 4.14. The molecular weight excluding hydrogens is 254 g/mol. The number of aryl methyl sites for hydroxylation is 1. The van der Waals surface area contributed by atoms with Crippen molar-refractivity contribution in [1.82, 2.24) is 0 Å². The van der Waals surface area contributed by atoms with E-state index in [1.807, 2.05) is 0 Å². The molecule has 0 saturated carbocycles. The van der Waals surface area contributed by atoms with Crippen molar-refractivity contribution in [3.05, 3.63) is 33.8 Å². The van der Waals surface area contributed by atoms with Crippen LogP contribution in [-0.4, -0.2) is 18.5 Å². The summed E-state index contributed by atoms with van der Waals surface area (Å²) in [5, 5.41) is 9.63. The fourth-order valence-corrected chi connectivity index (χ4v) is 1.79. The zero-order chi connectivity index (χ0) is 10.8. The van der Waals surface area contributed by atoms with Gasteiger partial charge in [-0.1, -0.05) is 33.6 Å². The van der Waals surface area contributed by atoms with E-state index in [-0.39, 0.29) is 5.56 Å². The van der Waals surface area contributed by atoms with Crippen molar-refractivity contribution in [1.29, 1.82) is 0 Å². The SMILES string of the molecule is Cc1ccc(Br)c(C(O)(CF)CF)c1. The Morgan fingerprint density at radius 3 is 2.43 bits per heavy atom. The zero-order valence-corrected chi connectivity index (χ0v) is 9.31. The number of hydrogen-bond acceptors (Lipinski definition) is 1. The molecule has 1 nitrogen and oxygen atoms in total. The molecule has 4 heteroatoms. The van der Waals surface area contributed by atoms with E-state index in [2.05, 4.69) is 15.9 Å². The first kappa shape index (κ1) is 11.6. The fourth-order valence-electron chi connectivity index (χ4n) is 1.18. The van der Waals surface area contributed by atoms with Crippen LogP contribution in [0, 0.1) is 6.92 Å². The average Bonchev–Trinajstić information content (AvgIpc) is 2.20. The molecule has 1 aromatic carbocycles. The van der Waals surface area contributed by atoms with Gasteiger partial charge in [0.25, 0.3) is 0 Å². The molecule has 0 fully saturated rings. The maximum atomic E-state index is 12.5. The van der Waals surface area contributed by atoms with Gasteiger partial charge in [0.05, 0.1) is 0 Å². The van der Waals surface area contributed by atoms with Crippen LogP contribution < -0.4 is 0 Å². The largest absolute Gasteiger partial charge is 0.380 e. The maximum absolute atomic E-state index is 12.5. The van der Waals surface area contributed by atoms with Crippen molar-refractivity contribution in [2.45, 2.75) is 12.5 Å². The quantitative estimate of drug-likeness (QED) is 0.890. The molecule has 1 rings (SSSR count). The van der Waals surface area contributed by atoms with Crippen LogP contribution in [0.15, 0.2) is 22.7 Å². The van der Waals surface area contributed by atoms with E-state index in [9.17, 15) is 13.9 Å². The maximum Gasteiger partial charge on any atom is 0.147 e. The van der Waals surface area contributed by atoms with E-state index >= 15 is 0 Å². The summed E-state index contributed by atoms with van der Waals surface area (Å²) in [6.45, 7) is -0.468. The average molecular weight is 265 g/mol. The van der Waals surface area contributed by atoms with Gasteiger partial charge in [-0.25, -0.2) is 8.78 Å². The minimum atomic E-state index is -2.02. The Hall–Kier alpha value is -0.480. The molecule has 1 N–H and O–H groups in total. The molecule has 14 heavy (non-hydrogen) atoms. The molecule has 0 radical (unpaired) electrons. The van der Waals surface area contributed by atoms with Gasteiger partial charge in [-0.3, -0.25) is 0 Å². The molecule has 1 aromatic rings. The van der Waals surface area contributed by atoms with Gasteiger partial charge >= 0.3 is 0 Å². The molecule has 0 amide bonds. The van der Waals surface area contributed by atoms with Crippen molar-refractivity contribution in [2.75, 3.05) is 13.3 Å². The van der Waals surface area contributed by atoms with Gasteiger partial charge < -0.3 is 5.11 Å². The van der Waals surface area contributed by atoms with Crippen LogP contribution >= 0.6 is 15.9 Å². The summed E-state index contributed by atoms with van der Waals surface area (Å²) in [5.41, 5.74) is -0.920. The van der Waals surface area contributed by atoms with E-state index < -0.39 is 19.0 Å². The van der Waals surface area contributed by atoms with Crippen molar-refractivity contribution in [3.8, 4) is 0 Å². The van der Waals surface area contributed by atoms with Crippen LogP contribution in [0.25, 0.3) is 0 Å². The van der Waals surface area contributed by atoms with E-state index in [4.69, 9.17) is 0 Å². The molecule has 0 aliphatic rings. The van der Waals surface area contributed by atoms with Crippen LogP contribution in [0.2, 0.25) is 0 Å². The van der Waals surface area contributed by atoms with Crippen LogP contribution in [0.5, 0.6) is 0 Å². The first-order chi connectivity index (χ1) is 6.53. The third kappa shape index (κ3) is 2.12. The summed E-state index contributed by atoms with van der Waals surface area (Å²) >= 11 is 3.15. The molecule has 78 valence electrons. The number of alkyl halides is 2. The van der Waals surface area contributed by atoms with Crippen molar-refractivity contribution in [2.24, 2.45) is 0 Å². The Morgan fingerprint density at radius 2 is 1.93 bits per heavy atom. The van der Waals surface area contributed by atoms with Crippen LogP contribution in [0.3, 0.4) is 0 Å². The van der Waals surface area contributed by atoms with Crippen LogP contribution in [0.4, 0.5) is 8.78 Å². The van der Waals surface area contributed by atoms with Gasteiger partial charge in [0.1, 0.15) is 19.0 Å². The fraction of sp³-hybridized carbons (Fsp3) is 0.400. The second-order valence-electron chi connectivity index (χ2n) is 3.28. The first-order valence-electron chi connectivity index (χ1n) is 4.14. The summed E-state index contributed by atoms with van der Waals surface area (Å²) in [7, 11) is 0. The third-order valence-corrected chi connectivity index (χ3v) is 2.76. The smallest absolute Gasteiger partial charge is 0.147 e. The number of rotatable bonds is 3. The molecule has 0 aliphatic carbocycles. The van der Waals surface area contributed by atoms with Crippen molar-refractivity contribution >= 4 is 15.9 Å². The molecule has 0 bridgehead atoms. The highest BCUT2D eigenvalue weighted by molar-refractivity contribution is 9.10. The molecule has 0 heterocycles. The Balaban J connectivity index is 3.22. The van der Waals surface area contributed by atoms with E-state index in [0.717, 1.165) is 5.56 Å². The molecule has 0 aromatic heterocycles. The lowest BCUT2D eigenvalue weighted by atomic mass is 9.95. The number of aliphatic hydroxyl groups is 1. The van der Waals surface area contributed by atoms with E-state index in [0.29, 0.717) is 4.47 Å². The van der Waals surface area contributed by atoms with Gasteiger partial charge in [0.15, 0.2) is 0 Å². The van der Waals surface area contributed by atoms with Gasteiger partial charge in [0, 0.05) is 10.0 Å². The Morgan fingerprint density at radius 1 is 1.36 bits per heavy atom. The first-order valence-corrected chi connectivity index (χ1v) is 4.94. The predicted octanol–water partition coefficient (Wildman–Crippen LogP) is 2.88. The monoisotopic (exact) mass is 264 g/mol. The summed E-state index contributed by atoms with van der Waals surface area (Å²) < 4.78 is 25.6. The summed E-state index contributed by atoms with van der Waals surface area (Å²) in [6, 6.07) is 5.04. The third-order valence-electron chi connectivity index (χ3n) is 2.07. The lowest BCUT2D eigenvalue weighted by Crippen LogP contribution is -2.31. The Labute approximate surface area is 89.9 Å². The highest BCUT2D eigenvalue weighted by Gasteiger charge is 2.31. The molecular formula is C10H11BrF2O. The summed E-state index contributed by atoms with van der Waals surface area (Å²) in [6.07, 6.45) is 0. The van der Waals surface area contributed by atoms with E-state index in [1.54, 1.807) is 25.1 Å². The Kier molecular flexibility index (Phi) is 3.61. The van der Waals surface area contributed by atoms with Crippen molar-refractivity contribution in [3.63, 3.8) is 0 Å². The van der Waals surface area contributed by atoms with Gasteiger partial charge in [-0.15, -0.1) is 0 Å². The summed E-state index contributed by atoms with van der Waals surface area (Å²) in [4.78, 5) is 0. The lowest BCUT2D eigenvalue weighted by molar-refractivity contribution is -0.0118. The zero-order valence-electron chi connectivity index (χ0n) is 7.73. The van der Waals surface area contributed by atoms with Crippen LogP contribution in [-0.2, 0) is 5.60 Å². The van der Waals surface area contributed by atoms with Gasteiger partial charge in [-0.2, -0.15) is 0 Å². The standard InChI is InChI=1S/C10H11BrF2O/c1-7-2-3-9(11)8(4-7)10(14,5-12)6-13/h2-4,14H,5-6H2,1H3. The van der Waals surface area contributed by atoms with Gasteiger partial charge in [0.2, 0.25) is 0 Å². The second kappa shape index (κ2) is 4.36. The number of hydrogen-bond donors (Lipinski definition) is 1. The van der Waals surface area contributed by atoms with Crippen molar-refractivity contribution < 1.29 is 13.9 Å². The van der Waals surface area contributed by atoms with Crippen LogP contribution in [0.1, 0.15) is 11.1 Å². The molecule has 0 aliphatic heterocycles. The highest BCUT2D eigenvalue weighted by atomic mass is 79.9. The van der Waals surface area contributed by atoms with Gasteiger partial charge in [-0.05, 0) is 13.0 Å². The summed E-state index contributed by atoms with van der Waals surface area (Å²) in [5.74, 6) is 0. The molecule has 0 unspecified atom stereocenters. The minimum absolute atomic E-state index is 0.252. The minimum Gasteiger partial charge on any atom is -0.380 e. The molecule has 0 saturated heterocycles.